The van der Waals surface area contributed by atoms with Gasteiger partial charge < -0.3 is 19.3 Å². The van der Waals surface area contributed by atoms with E-state index in [9.17, 15) is 9.90 Å². The Morgan fingerprint density at radius 2 is 2.29 bits per heavy atom. The average Bonchev–Trinajstić information content (AvgIpc) is 2.77. The molecule has 78 valence electrons. The topological polar surface area (TPSA) is 65.0 Å². The second kappa shape index (κ2) is 2.68. The number of hydrogen-bond donors (Lipinski definition) is 1. The first kappa shape index (κ1) is 8.64. The van der Waals surface area contributed by atoms with Crippen LogP contribution in [0, 0.1) is 11.8 Å². The van der Waals surface area contributed by atoms with Crippen LogP contribution >= 0.6 is 0 Å². The zero-order valence-electron chi connectivity index (χ0n) is 7.75. The minimum atomic E-state index is -0.697. The Balaban J connectivity index is 1.92. The number of methoxy groups -OCH3 is 1. The summed E-state index contributed by atoms with van der Waals surface area (Å²) in [5.74, 6) is -0.446. The molecule has 0 aliphatic carbocycles. The van der Waals surface area contributed by atoms with Crippen LogP contribution in [0.1, 0.15) is 0 Å². The second-order valence-electron chi connectivity index (χ2n) is 4.08. The van der Waals surface area contributed by atoms with Gasteiger partial charge in [-0.15, -0.1) is 0 Å². The van der Waals surface area contributed by atoms with Crippen LogP contribution in [-0.4, -0.2) is 49.2 Å². The predicted octanol–water partition coefficient (Wildman–Crippen LogP) is -1.07. The number of cyclic esters (lactones) is 1. The lowest BCUT2D eigenvalue weighted by molar-refractivity contribution is -0.145. The van der Waals surface area contributed by atoms with Crippen LogP contribution in [0.4, 0.5) is 0 Å². The molecule has 5 heteroatoms. The Bertz CT molecular complexity index is 278. The van der Waals surface area contributed by atoms with Gasteiger partial charge in [-0.3, -0.25) is 4.79 Å². The number of hydrogen-bond acceptors (Lipinski definition) is 5. The number of esters is 1. The van der Waals surface area contributed by atoms with Crippen molar-refractivity contribution >= 4 is 5.97 Å². The lowest BCUT2D eigenvalue weighted by Gasteiger charge is -2.28. The quantitative estimate of drug-likeness (QED) is 0.546. The van der Waals surface area contributed by atoms with E-state index in [1.54, 1.807) is 7.11 Å². The molecule has 14 heavy (non-hydrogen) atoms. The first-order valence-electron chi connectivity index (χ1n) is 4.77. The number of carbonyl (C=O) groups excluding carboxylic acids is 1. The van der Waals surface area contributed by atoms with E-state index in [0.717, 1.165) is 0 Å². The van der Waals surface area contributed by atoms with Crippen LogP contribution in [0.5, 0.6) is 0 Å². The maximum absolute atomic E-state index is 11.3. The van der Waals surface area contributed by atoms with Crippen LogP contribution in [-0.2, 0) is 19.0 Å². The number of ether oxygens (including phenoxy) is 3. The molecule has 3 aliphatic heterocycles. The molecule has 0 amide bonds. The minimum absolute atomic E-state index is 0.0702. The maximum atomic E-state index is 11.3. The smallest absolute Gasteiger partial charge is 0.312 e. The molecule has 0 aromatic heterocycles. The summed E-state index contributed by atoms with van der Waals surface area (Å²) in [4.78, 5) is 11.3. The summed E-state index contributed by atoms with van der Waals surface area (Å²) in [6.07, 6.45) is -1.62. The first-order valence-corrected chi connectivity index (χ1v) is 4.77. The van der Waals surface area contributed by atoms with Crippen LogP contribution in [0.25, 0.3) is 0 Å². The molecule has 0 unspecified atom stereocenters. The number of aliphatic hydroxyl groups is 1. The van der Waals surface area contributed by atoms with Crippen LogP contribution < -0.4 is 0 Å². The molecule has 3 fully saturated rings. The van der Waals surface area contributed by atoms with Crippen LogP contribution in [0.15, 0.2) is 0 Å². The van der Waals surface area contributed by atoms with Gasteiger partial charge in [0.05, 0.1) is 18.6 Å². The molecule has 0 saturated carbocycles. The van der Waals surface area contributed by atoms with Crippen molar-refractivity contribution in [3.63, 3.8) is 0 Å². The molecule has 5 nitrogen and oxygen atoms in total. The van der Waals surface area contributed by atoms with Gasteiger partial charge in [-0.05, 0) is 0 Å². The zero-order valence-corrected chi connectivity index (χ0v) is 7.75. The minimum Gasteiger partial charge on any atom is -0.465 e. The third-order valence-corrected chi connectivity index (χ3v) is 3.51. The van der Waals surface area contributed by atoms with Gasteiger partial charge in [-0.1, -0.05) is 0 Å². The van der Waals surface area contributed by atoms with E-state index in [0.29, 0.717) is 6.61 Å². The fourth-order valence-electron chi connectivity index (χ4n) is 2.87. The summed E-state index contributed by atoms with van der Waals surface area (Å²) in [6, 6.07) is 0. The van der Waals surface area contributed by atoms with E-state index in [-0.39, 0.29) is 30.0 Å². The fraction of sp³-hybridized carbons (Fsp3) is 0.889. The van der Waals surface area contributed by atoms with Gasteiger partial charge in [-0.25, -0.2) is 0 Å². The molecule has 3 aliphatic rings. The van der Waals surface area contributed by atoms with Crippen molar-refractivity contribution in [3.8, 4) is 0 Å². The van der Waals surface area contributed by atoms with E-state index in [4.69, 9.17) is 14.2 Å². The van der Waals surface area contributed by atoms with Gasteiger partial charge >= 0.3 is 5.97 Å². The van der Waals surface area contributed by atoms with E-state index in [1.807, 2.05) is 0 Å². The molecule has 1 N–H and O–H groups in total. The highest BCUT2D eigenvalue weighted by Crippen LogP contribution is 2.47. The zero-order chi connectivity index (χ0) is 9.87. The van der Waals surface area contributed by atoms with E-state index in [2.05, 4.69) is 0 Å². The molecular weight excluding hydrogens is 188 g/mol. The SMILES string of the molecule is CO[C@H]1[C@H](O)[C@@H]2O[C@@H]1[C@@H]1COC(=O)[C@@H]12. The molecule has 0 radical (unpaired) electrons. The molecule has 3 rings (SSSR count). The molecule has 3 heterocycles. The van der Waals surface area contributed by atoms with Crippen molar-refractivity contribution in [2.75, 3.05) is 13.7 Å². The summed E-state index contributed by atoms with van der Waals surface area (Å²) in [5.41, 5.74) is 0. The maximum Gasteiger partial charge on any atom is 0.312 e. The standard InChI is InChI=1S/C9H12O5/c1-12-8-5(10)7-4-3(6(8)14-7)2-13-9(4)11/h3-8,10H,2H2,1H3/t3-,4+,5-,6-,7-,8+/m1/s1. The number of aliphatic hydroxyl groups excluding tert-OH is 1. The van der Waals surface area contributed by atoms with Crippen LogP contribution in [0.2, 0.25) is 0 Å². The van der Waals surface area contributed by atoms with Crippen molar-refractivity contribution in [1.29, 1.82) is 0 Å². The van der Waals surface area contributed by atoms with Crippen molar-refractivity contribution < 1.29 is 24.1 Å². The summed E-state index contributed by atoms with van der Waals surface area (Å²) in [6.45, 7) is 0.400. The van der Waals surface area contributed by atoms with Crippen molar-refractivity contribution in [2.45, 2.75) is 24.4 Å². The highest BCUT2D eigenvalue weighted by molar-refractivity contribution is 5.76. The summed E-state index contributed by atoms with van der Waals surface area (Å²) in [7, 11) is 1.55. The Labute approximate surface area is 80.9 Å². The van der Waals surface area contributed by atoms with E-state index in [1.165, 1.54) is 0 Å². The monoisotopic (exact) mass is 200 g/mol. The van der Waals surface area contributed by atoms with Gasteiger partial charge in [-0.2, -0.15) is 0 Å². The molecular formula is C9H12O5. The summed E-state index contributed by atoms with van der Waals surface area (Å²) >= 11 is 0. The van der Waals surface area contributed by atoms with Gasteiger partial charge in [0.25, 0.3) is 0 Å². The number of carbonyl (C=O) groups is 1. The Hall–Kier alpha value is -0.650. The van der Waals surface area contributed by atoms with Crippen molar-refractivity contribution in [2.24, 2.45) is 11.8 Å². The third kappa shape index (κ3) is 0.827. The van der Waals surface area contributed by atoms with Gasteiger partial charge in [0.2, 0.25) is 0 Å². The van der Waals surface area contributed by atoms with E-state index >= 15 is 0 Å². The molecule has 0 aromatic carbocycles. The molecule has 6 atom stereocenters. The lowest BCUT2D eigenvalue weighted by Crippen LogP contribution is -2.47. The second-order valence-corrected chi connectivity index (χ2v) is 4.08. The Kier molecular flexibility index (Phi) is 1.66. The van der Waals surface area contributed by atoms with Gasteiger partial charge in [0.1, 0.15) is 18.3 Å². The van der Waals surface area contributed by atoms with Crippen molar-refractivity contribution in [3.05, 3.63) is 0 Å². The normalized spacial score (nSPS) is 54.9. The number of rotatable bonds is 1. The predicted molar refractivity (Wildman–Crippen MR) is 43.4 cm³/mol. The highest BCUT2D eigenvalue weighted by Gasteiger charge is 2.65. The van der Waals surface area contributed by atoms with Crippen LogP contribution in [0.3, 0.4) is 0 Å². The molecule has 2 bridgehead atoms. The number of fused-ring (bicyclic) bond motifs is 5. The molecule has 0 aromatic rings. The Morgan fingerprint density at radius 3 is 3.00 bits per heavy atom. The third-order valence-electron chi connectivity index (χ3n) is 3.51. The average molecular weight is 200 g/mol. The highest BCUT2D eigenvalue weighted by atomic mass is 16.6. The molecule has 0 spiro atoms. The van der Waals surface area contributed by atoms with Gasteiger partial charge in [0.15, 0.2) is 0 Å². The van der Waals surface area contributed by atoms with Crippen molar-refractivity contribution in [1.82, 2.24) is 0 Å². The van der Waals surface area contributed by atoms with E-state index < -0.39 is 12.2 Å². The fourth-order valence-corrected chi connectivity index (χ4v) is 2.87. The lowest BCUT2D eigenvalue weighted by atomic mass is 9.78. The Morgan fingerprint density at radius 1 is 1.50 bits per heavy atom. The summed E-state index contributed by atoms with van der Waals surface area (Å²) < 4.78 is 15.7. The first-order chi connectivity index (χ1) is 6.74. The summed E-state index contributed by atoms with van der Waals surface area (Å²) in [5, 5.41) is 9.79. The van der Waals surface area contributed by atoms with Gasteiger partial charge in [0, 0.05) is 13.0 Å². The largest absolute Gasteiger partial charge is 0.465 e. The molecule has 3 saturated heterocycles.